The van der Waals surface area contributed by atoms with Crippen LogP contribution in [-0.2, 0) is 11.0 Å². The van der Waals surface area contributed by atoms with Gasteiger partial charge in [0.2, 0.25) is 5.91 Å². The zero-order chi connectivity index (χ0) is 16.4. The molecule has 116 valence electrons. The van der Waals surface area contributed by atoms with Crippen molar-refractivity contribution in [3.05, 3.63) is 28.8 Å². The van der Waals surface area contributed by atoms with E-state index in [2.05, 4.69) is 10.5 Å². The van der Waals surface area contributed by atoms with Crippen LogP contribution in [0.3, 0.4) is 0 Å². The topological polar surface area (TPSA) is 87.7 Å². The number of amidine groups is 1. The molecule has 0 unspecified atom stereocenters. The van der Waals surface area contributed by atoms with Gasteiger partial charge in [0.25, 0.3) is 0 Å². The number of alkyl halides is 3. The van der Waals surface area contributed by atoms with Crippen molar-refractivity contribution in [2.24, 2.45) is 16.3 Å². The van der Waals surface area contributed by atoms with Gasteiger partial charge in [-0.2, -0.15) is 13.2 Å². The number of nitrogens with zero attached hydrogens (tertiary/aromatic N) is 1. The van der Waals surface area contributed by atoms with Crippen molar-refractivity contribution in [3.63, 3.8) is 0 Å². The van der Waals surface area contributed by atoms with Crippen LogP contribution in [0.4, 0.5) is 18.9 Å². The van der Waals surface area contributed by atoms with Crippen molar-refractivity contribution in [2.75, 3.05) is 5.32 Å². The Kier molecular flexibility index (Phi) is 4.72. The summed E-state index contributed by atoms with van der Waals surface area (Å²) in [7, 11) is 0. The first-order valence-corrected chi connectivity index (χ1v) is 6.04. The van der Waals surface area contributed by atoms with Crippen LogP contribution in [0.2, 0.25) is 5.02 Å². The first kappa shape index (κ1) is 17.1. The molecule has 0 aliphatic rings. The fraction of sp³-hybridized carbons (Fsp3) is 0.333. The molecule has 0 saturated heterocycles. The van der Waals surface area contributed by atoms with E-state index in [0.717, 1.165) is 12.1 Å². The smallest absolute Gasteiger partial charge is 0.409 e. The number of hydrogen-bond acceptors (Lipinski definition) is 3. The second-order valence-corrected chi connectivity index (χ2v) is 5.13. The molecule has 0 saturated carbocycles. The standard InChI is InChI=1S/C12H13ClF3N3O2/c1-11(2,9(17)19-21)10(20)18-8-6(12(14,15)16)4-3-5-7(8)13/h3-5,21H,1-2H3,(H2,17,19)(H,18,20). The number of hydrogen-bond donors (Lipinski definition) is 3. The second kappa shape index (κ2) is 5.80. The zero-order valence-corrected chi connectivity index (χ0v) is 11.9. The van der Waals surface area contributed by atoms with Gasteiger partial charge in [0.05, 0.1) is 16.3 Å². The van der Waals surface area contributed by atoms with Gasteiger partial charge in [-0.05, 0) is 26.0 Å². The van der Waals surface area contributed by atoms with Crippen LogP contribution in [-0.4, -0.2) is 17.0 Å². The van der Waals surface area contributed by atoms with E-state index < -0.39 is 34.6 Å². The summed E-state index contributed by atoms with van der Waals surface area (Å²) in [6.45, 7) is 2.59. The minimum absolute atomic E-state index is 0.270. The van der Waals surface area contributed by atoms with Gasteiger partial charge in [0, 0.05) is 0 Å². The molecule has 4 N–H and O–H groups in total. The number of anilines is 1. The minimum atomic E-state index is -4.69. The third-order valence-electron chi connectivity index (χ3n) is 2.87. The molecular weight excluding hydrogens is 311 g/mol. The van der Waals surface area contributed by atoms with Gasteiger partial charge in [0.1, 0.15) is 5.41 Å². The molecule has 0 fully saturated rings. The average molecular weight is 324 g/mol. The molecule has 1 rings (SSSR count). The van der Waals surface area contributed by atoms with E-state index in [0.29, 0.717) is 0 Å². The highest BCUT2D eigenvalue weighted by Crippen LogP contribution is 2.39. The molecule has 0 heterocycles. The lowest BCUT2D eigenvalue weighted by Crippen LogP contribution is -2.42. The van der Waals surface area contributed by atoms with Gasteiger partial charge in [-0.25, -0.2) is 0 Å². The first-order chi connectivity index (χ1) is 9.51. The monoisotopic (exact) mass is 323 g/mol. The molecule has 0 aliphatic heterocycles. The van der Waals surface area contributed by atoms with Gasteiger partial charge in [-0.1, -0.05) is 22.8 Å². The fourth-order valence-corrected chi connectivity index (χ4v) is 1.62. The maximum atomic E-state index is 12.9. The number of benzene rings is 1. The number of amides is 1. The summed E-state index contributed by atoms with van der Waals surface area (Å²) in [4.78, 5) is 12.1. The Balaban J connectivity index is 3.24. The van der Waals surface area contributed by atoms with E-state index >= 15 is 0 Å². The molecule has 0 bridgehead atoms. The van der Waals surface area contributed by atoms with Gasteiger partial charge >= 0.3 is 6.18 Å². The summed E-state index contributed by atoms with van der Waals surface area (Å²) in [6, 6.07) is 3.12. The Hall–Kier alpha value is -1.96. The highest BCUT2D eigenvalue weighted by atomic mass is 35.5. The Morgan fingerprint density at radius 1 is 1.38 bits per heavy atom. The van der Waals surface area contributed by atoms with E-state index in [9.17, 15) is 18.0 Å². The number of nitrogens with two attached hydrogens (primary N) is 1. The van der Waals surface area contributed by atoms with Crippen molar-refractivity contribution in [1.82, 2.24) is 0 Å². The van der Waals surface area contributed by atoms with Crippen molar-refractivity contribution in [3.8, 4) is 0 Å². The van der Waals surface area contributed by atoms with Gasteiger partial charge in [0.15, 0.2) is 5.84 Å². The Bertz CT molecular complexity index is 586. The van der Waals surface area contributed by atoms with Crippen LogP contribution in [0, 0.1) is 5.41 Å². The van der Waals surface area contributed by atoms with Gasteiger partial charge in [-0.3, -0.25) is 4.79 Å². The van der Waals surface area contributed by atoms with E-state index in [1.54, 1.807) is 0 Å². The number of carbonyl (C=O) groups excluding carboxylic acids is 1. The summed E-state index contributed by atoms with van der Waals surface area (Å²) >= 11 is 5.72. The predicted molar refractivity (Wildman–Crippen MR) is 72.3 cm³/mol. The number of rotatable bonds is 3. The van der Waals surface area contributed by atoms with Crippen LogP contribution in [0.1, 0.15) is 19.4 Å². The lowest BCUT2D eigenvalue weighted by molar-refractivity contribution is -0.137. The number of halogens is 4. The summed E-state index contributed by atoms with van der Waals surface area (Å²) in [5, 5.41) is 13.1. The molecule has 0 atom stereocenters. The molecular formula is C12H13ClF3N3O2. The van der Waals surface area contributed by atoms with Crippen molar-refractivity contribution in [1.29, 1.82) is 0 Å². The van der Waals surface area contributed by atoms with Crippen LogP contribution in [0.25, 0.3) is 0 Å². The molecule has 1 amide bonds. The number of carbonyl (C=O) groups is 1. The van der Waals surface area contributed by atoms with E-state index in [1.165, 1.54) is 19.9 Å². The largest absolute Gasteiger partial charge is 0.418 e. The predicted octanol–water partition coefficient (Wildman–Crippen LogP) is 3.07. The molecule has 0 aliphatic carbocycles. The number of para-hydroxylation sites is 1. The first-order valence-electron chi connectivity index (χ1n) is 5.67. The number of nitrogens with one attached hydrogen (secondary N) is 1. The van der Waals surface area contributed by atoms with Gasteiger partial charge < -0.3 is 16.3 Å². The fourth-order valence-electron chi connectivity index (χ4n) is 1.40. The molecule has 0 spiro atoms. The lowest BCUT2D eigenvalue weighted by Gasteiger charge is -2.23. The molecule has 1 aromatic rings. The molecule has 0 radical (unpaired) electrons. The van der Waals surface area contributed by atoms with Crippen LogP contribution < -0.4 is 11.1 Å². The average Bonchev–Trinajstić information content (AvgIpc) is 2.38. The maximum Gasteiger partial charge on any atom is 0.418 e. The molecule has 1 aromatic carbocycles. The Morgan fingerprint density at radius 2 is 1.95 bits per heavy atom. The highest BCUT2D eigenvalue weighted by molar-refractivity contribution is 6.34. The molecule has 9 heteroatoms. The third-order valence-corrected chi connectivity index (χ3v) is 3.19. The maximum absolute atomic E-state index is 12.9. The summed E-state index contributed by atoms with van der Waals surface area (Å²) in [5.41, 5.74) is 2.18. The normalized spacial score (nSPS) is 13.1. The van der Waals surface area contributed by atoms with Crippen molar-refractivity contribution >= 4 is 29.0 Å². The summed E-state index contributed by atoms with van der Waals surface area (Å²) in [6.07, 6.45) is -4.69. The van der Waals surface area contributed by atoms with Crippen LogP contribution >= 0.6 is 11.6 Å². The van der Waals surface area contributed by atoms with Gasteiger partial charge in [-0.15, -0.1) is 0 Å². The SMILES string of the molecule is CC(C)(C(=O)Nc1c(Cl)cccc1C(F)(F)F)C(N)=NO. The van der Waals surface area contributed by atoms with E-state index in [1.807, 2.05) is 0 Å². The quantitative estimate of drug-likeness (QED) is 0.346. The molecule has 5 nitrogen and oxygen atoms in total. The summed E-state index contributed by atoms with van der Waals surface area (Å²) < 4.78 is 38.7. The Morgan fingerprint density at radius 3 is 2.43 bits per heavy atom. The lowest BCUT2D eigenvalue weighted by atomic mass is 9.90. The Labute approximate surface area is 123 Å². The summed E-state index contributed by atoms with van der Waals surface area (Å²) in [5.74, 6) is -1.34. The minimum Gasteiger partial charge on any atom is -0.409 e. The highest BCUT2D eigenvalue weighted by Gasteiger charge is 2.38. The van der Waals surface area contributed by atoms with E-state index in [4.69, 9.17) is 22.5 Å². The van der Waals surface area contributed by atoms with Crippen LogP contribution in [0.15, 0.2) is 23.4 Å². The van der Waals surface area contributed by atoms with E-state index in [-0.39, 0.29) is 5.02 Å². The third kappa shape index (κ3) is 3.57. The van der Waals surface area contributed by atoms with Crippen molar-refractivity contribution in [2.45, 2.75) is 20.0 Å². The zero-order valence-electron chi connectivity index (χ0n) is 11.1. The second-order valence-electron chi connectivity index (χ2n) is 4.72. The van der Waals surface area contributed by atoms with Crippen LogP contribution in [0.5, 0.6) is 0 Å². The van der Waals surface area contributed by atoms with Crippen molar-refractivity contribution < 1.29 is 23.2 Å². The molecule has 0 aromatic heterocycles. The molecule has 21 heavy (non-hydrogen) atoms. The number of oxime groups is 1.